The summed E-state index contributed by atoms with van der Waals surface area (Å²) < 4.78 is 0. The number of aliphatic imine (C=N–C) groups is 2. The summed E-state index contributed by atoms with van der Waals surface area (Å²) in [5, 5.41) is 0. The Kier molecular flexibility index (Phi) is 3.93. The molecule has 0 radical (unpaired) electrons. The van der Waals surface area contributed by atoms with Crippen LogP contribution in [0.5, 0.6) is 0 Å². The van der Waals surface area contributed by atoms with Crippen molar-refractivity contribution in [2.75, 3.05) is 0 Å². The normalized spacial score (nSPS) is 15.3. The molecule has 0 atom stereocenters. The Morgan fingerprint density at radius 3 is 1.50 bits per heavy atom. The second-order valence-electron chi connectivity index (χ2n) is 4.54. The molecule has 0 spiro atoms. The molecule has 0 aromatic rings. The van der Waals surface area contributed by atoms with Gasteiger partial charge >= 0.3 is 0 Å². The average Bonchev–Trinajstić information content (AvgIpc) is 2.01. The van der Waals surface area contributed by atoms with Gasteiger partial charge in [0.15, 0.2) is 5.66 Å². The van der Waals surface area contributed by atoms with E-state index in [1.807, 2.05) is 34.6 Å². The third-order valence-corrected chi connectivity index (χ3v) is 2.34. The largest absolute Gasteiger partial charge is 0.237 e. The lowest BCUT2D eigenvalue weighted by Gasteiger charge is -2.38. The van der Waals surface area contributed by atoms with Crippen molar-refractivity contribution in [1.82, 2.24) is 0 Å². The van der Waals surface area contributed by atoms with Gasteiger partial charge < -0.3 is 0 Å². The molecule has 4 heteroatoms. The van der Waals surface area contributed by atoms with Crippen molar-refractivity contribution in [2.45, 2.75) is 40.3 Å². The van der Waals surface area contributed by atoms with E-state index in [1.165, 1.54) is 12.2 Å². The van der Waals surface area contributed by atoms with E-state index in [4.69, 9.17) is 0 Å². The maximum Gasteiger partial charge on any atom is 0.237 e. The molecule has 0 saturated heterocycles. The van der Waals surface area contributed by atoms with E-state index in [2.05, 4.69) is 9.98 Å². The van der Waals surface area contributed by atoms with Crippen LogP contribution in [-0.2, 0) is 9.59 Å². The van der Waals surface area contributed by atoms with Crippen molar-refractivity contribution in [3.8, 4) is 0 Å². The quantitative estimate of drug-likeness (QED) is 0.512. The molecular weight excluding hydrogens is 180 g/mol. The fourth-order valence-corrected chi connectivity index (χ4v) is 1.62. The lowest BCUT2D eigenvalue weighted by molar-refractivity contribution is 0.141. The van der Waals surface area contributed by atoms with Crippen LogP contribution in [0.1, 0.15) is 34.6 Å². The Bertz CT molecular complexity index is 272. The van der Waals surface area contributed by atoms with E-state index < -0.39 is 11.1 Å². The molecule has 0 aromatic heterocycles. The van der Waals surface area contributed by atoms with E-state index in [0.29, 0.717) is 0 Å². The molecule has 0 aliphatic heterocycles. The molecule has 0 bridgehead atoms. The summed E-state index contributed by atoms with van der Waals surface area (Å²) in [5.41, 5.74) is -1.48. The van der Waals surface area contributed by atoms with E-state index in [1.54, 1.807) is 0 Å². The maximum absolute atomic E-state index is 10.4. The molecule has 0 rings (SSSR count). The third-order valence-electron chi connectivity index (χ3n) is 2.34. The molecule has 0 saturated carbocycles. The summed E-state index contributed by atoms with van der Waals surface area (Å²) in [7, 11) is 0. The van der Waals surface area contributed by atoms with E-state index >= 15 is 0 Å². The minimum atomic E-state index is -1.06. The van der Waals surface area contributed by atoms with Gasteiger partial charge in [-0.3, -0.25) is 0 Å². The molecule has 0 fully saturated rings. The van der Waals surface area contributed by atoms with Crippen LogP contribution >= 0.6 is 0 Å². The van der Waals surface area contributed by atoms with Gasteiger partial charge in [-0.15, -0.1) is 0 Å². The summed E-state index contributed by atoms with van der Waals surface area (Å²) in [6.45, 7) is 9.32. The first-order valence-electron chi connectivity index (χ1n) is 4.50. The average molecular weight is 196 g/mol. The molecule has 14 heavy (non-hydrogen) atoms. The number of rotatable bonds is 3. The predicted molar refractivity (Wildman–Crippen MR) is 53.3 cm³/mol. The molecular formula is C10H16N2O2. The fourth-order valence-electron chi connectivity index (χ4n) is 1.62. The van der Waals surface area contributed by atoms with Crippen molar-refractivity contribution in [1.29, 1.82) is 0 Å². The summed E-state index contributed by atoms with van der Waals surface area (Å²) in [4.78, 5) is 28.1. The Morgan fingerprint density at radius 1 is 1.00 bits per heavy atom. The molecule has 0 aliphatic rings. The second-order valence-corrected chi connectivity index (χ2v) is 4.54. The number of isocyanates is 2. The predicted octanol–water partition coefficient (Wildman–Crippen LogP) is 2.06. The first-order valence-corrected chi connectivity index (χ1v) is 4.50. The Labute approximate surface area is 84.1 Å². The van der Waals surface area contributed by atoms with Gasteiger partial charge in [0.1, 0.15) is 0 Å². The van der Waals surface area contributed by atoms with Crippen LogP contribution in [-0.4, -0.2) is 17.8 Å². The molecule has 0 heterocycles. The lowest BCUT2D eigenvalue weighted by atomic mass is 9.74. The molecule has 0 aliphatic carbocycles. The van der Waals surface area contributed by atoms with Crippen molar-refractivity contribution in [2.24, 2.45) is 21.3 Å². The van der Waals surface area contributed by atoms with Gasteiger partial charge in [-0.05, 0) is 0 Å². The van der Waals surface area contributed by atoms with Gasteiger partial charge in [-0.25, -0.2) is 9.59 Å². The third kappa shape index (κ3) is 2.16. The van der Waals surface area contributed by atoms with Gasteiger partial charge in [0.2, 0.25) is 12.2 Å². The highest BCUT2D eigenvalue weighted by Gasteiger charge is 2.45. The van der Waals surface area contributed by atoms with Crippen LogP contribution in [0.4, 0.5) is 0 Å². The van der Waals surface area contributed by atoms with Crippen LogP contribution < -0.4 is 0 Å². The Morgan fingerprint density at radius 2 is 1.36 bits per heavy atom. The molecule has 0 aromatic carbocycles. The number of hydrogen-bond donors (Lipinski definition) is 0. The zero-order chi connectivity index (χ0) is 11.4. The van der Waals surface area contributed by atoms with Gasteiger partial charge in [0, 0.05) is 11.3 Å². The molecule has 0 N–H and O–H groups in total. The summed E-state index contributed by atoms with van der Waals surface area (Å²) in [6, 6.07) is 0. The number of hydrogen-bond acceptors (Lipinski definition) is 4. The van der Waals surface area contributed by atoms with Gasteiger partial charge in [0.25, 0.3) is 0 Å². The smallest absolute Gasteiger partial charge is 0.211 e. The highest BCUT2D eigenvalue weighted by molar-refractivity contribution is 5.40. The summed E-state index contributed by atoms with van der Waals surface area (Å²) >= 11 is 0. The summed E-state index contributed by atoms with van der Waals surface area (Å²) in [5.74, 6) is -0.0644. The Balaban J connectivity index is 5.62. The Hall–Kier alpha value is -1.24. The van der Waals surface area contributed by atoms with Gasteiger partial charge in [0.05, 0.1) is 0 Å². The van der Waals surface area contributed by atoms with Crippen LogP contribution in [0.25, 0.3) is 0 Å². The topological polar surface area (TPSA) is 58.9 Å². The second kappa shape index (κ2) is 4.32. The number of nitrogens with zero attached hydrogens (tertiary/aromatic N) is 2. The SMILES string of the molecule is CC(C)C(N=C=O)(N=C=O)C(C)(C)C. The van der Waals surface area contributed by atoms with Gasteiger partial charge in [-0.2, -0.15) is 9.98 Å². The van der Waals surface area contributed by atoms with Gasteiger partial charge in [-0.1, -0.05) is 34.6 Å². The molecule has 78 valence electrons. The van der Waals surface area contributed by atoms with Crippen molar-refractivity contribution in [3.63, 3.8) is 0 Å². The lowest BCUT2D eigenvalue weighted by Crippen LogP contribution is -2.44. The maximum atomic E-state index is 10.4. The standard InChI is InChI=1S/C10H16N2O2/c1-8(2)10(11-6-13,12-7-14)9(3,4)5/h8H,1-5H3. The molecule has 0 unspecified atom stereocenters. The summed E-state index contributed by atoms with van der Waals surface area (Å²) in [6.07, 6.45) is 2.97. The van der Waals surface area contributed by atoms with Crippen LogP contribution in [0.3, 0.4) is 0 Å². The van der Waals surface area contributed by atoms with E-state index in [-0.39, 0.29) is 5.92 Å². The fraction of sp³-hybridized carbons (Fsp3) is 0.800. The van der Waals surface area contributed by atoms with Crippen LogP contribution in [0, 0.1) is 11.3 Å². The van der Waals surface area contributed by atoms with Crippen LogP contribution in [0.2, 0.25) is 0 Å². The molecule has 0 amide bonds. The first-order chi connectivity index (χ1) is 6.31. The zero-order valence-electron chi connectivity index (χ0n) is 9.29. The minimum Gasteiger partial charge on any atom is -0.211 e. The van der Waals surface area contributed by atoms with Crippen molar-refractivity contribution < 1.29 is 9.59 Å². The minimum absolute atomic E-state index is 0.0644. The first kappa shape index (κ1) is 12.8. The monoisotopic (exact) mass is 196 g/mol. The number of carbonyl (C=O) groups excluding carboxylic acids is 2. The van der Waals surface area contributed by atoms with E-state index in [0.717, 1.165) is 0 Å². The van der Waals surface area contributed by atoms with Crippen LogP contribution in [0.15, 0.2) is 9.98 Å². The molecule has 4 nitrogen and oxygen atoms in total. The highest BCUT2D eigenvalue weighted by Crippen LogP contribution is 2.40. The zero-order valence-corrected chi connectivity index (χ0v) is 9.29. The van der Waals surface area contributed by atoms with Crippen molar-refractivity contribution in [3.05, 3.63) is 0 Å². The van der Waals surface area contributed by atoms with E-state index in [9.17, 15) is 9.59 Å². The highest BCUT2D eigenvalue weighted by atomic mass is 16.1. The van der Waals surface area contributed by atoms with Crippen molar-refractivity contribution >= 4 is 12.2 Å².